The number of carbonyl (C=O) groups excluding carboxylic acids is 2. The molecule has 0 aliphatic carbocycles. The van der Waals surface area contributed by atoms with Gasteiger partial charge in [-0.2, -0.15) is 0 Å². The zero-order valence-electron chi connectivity index (χ0n) is 13.3. The number of halogens is 1. The summed E-state index contributed by atoms with van der Waals surface area (Å²) >= 11 is 0. The lowest BCUT2D eigenvalue weighted by molar-refractivity contribution is -0.117. The molecule has 0 bridgehead atoms. The van der Waals surface area contributed by atoms with Crippen LogP contribution in [0.15, 0.2) is 42.5 Å². The highest BCUT2D eigenvalue weighted by Gasteiger charge is 2.23. The Hall–Kier alpha value is -2.89. The molecule has 5 nitrogen and oxygen atoms in total. The predicted octanol–water partition coefficient (Wildman–Crippen LogP) is 3.90. The second kappa shape index (κ2) is 6.70. The van der Waals surface area contributed by atoms with Crippen molar-refractivity contribution in [1.82, 2.24) is 0 Å². The number of benzene rings is 2. The number of aryl methyl sites for hydroxylation is 1. The Morgan fingerprint density at radius 1 is 1.17 bits per heavy atom. The molecule has 1 saturated heterocycles. The molecule has 2 N–H and O–H groups in total. The number of anilines is 3. The standard InChI is InChI=1S/C18H18FN3O2/c1-12-11-13(8-9-16(12)22-10-4-7-17(22)23)20-18(24)21-15-6-3-2-5-14(15)19/h2-3,5-6,8-9,11H,4,7,10H2,1H3,(H2,20,21,24). The third-order valence-corrected chi connectivity index (χ3v) is 3.94. The lowest BCUT2D eigenvalue weighted by Crippen LogP contribution is -2.24. The summed E-state index contributed by atoms with van der Waals surface area (Å²) in [5, 5.41) is 5.13. The minimum absolute atomic E-state index is 0.117. The molecule has 0 saturated carbocycles. The van der Waals surface area contributed by atoms with Gasteiger partial charge >= 0.3 is 6.03 Å². The van der Waals surface area contributed by atoms with Crippen molar-refractivity contribution in [2.45, 2.75) is 19.8 Å². The van der Waals surface area contributed by atoms with Crippen molar-refractivity contribution < 1.29 is 14.0 Å². The number of urea groups is 1. The van der Waals surface area contributed by atoms with Crippen molar-refractivity contribution in [1.29, 1.82) is 0 Å². The van der Waals surface area contributed by atoms with Gasteiger partial charge in [0, 0.05) is 24.3 Å². The van der Waals surface area contributed by atoms with E-state index in [1.54, 1.807) is 29.2 Å². The van der Waals surface area contributed by atoms with Crippen LogP contribution < -0.4 is 15.5 Å². The van der Waals surface area contributed by atoms with E-state index in [4.69, 9.17) is 0 Å². The molecular formula is C18H18FN3O2. The van der Waals surface area contributed by atoms with E-state index in [-0.39, 0.29) is 11.6 Å². The minimum Gasteiger partial charge on any atom is -0.312 e. The molecule has 2 aromatic carbocycles. The maximum Gasteiger partial charge on any atom is 0.323 e. The van der Waals surface area contributed by atoms with Crippen LogP contribution in [0.5, 0.6) is 0 Å². The maximum absolute atomic E-state index is 13.5. The molecule has 2 aromatic rings. The highest BCUT2D eigenvalue weighted by molar-refractivity contribution is 6.00. The second-order valence-corrected chi connectivity index (χ2v) is 5.71. The molecule has 1 heterocycles. The van der Waals surface area contributed by atoms with E-state index < -0.39 is 11.8 Å². The highest BCUT2D eigenvalue weighted by Crippen LogP contribution is 2.27. The molecular weight excluding hydrogens is 309 g/mol. The highest BCUT2D eigenvalue weighted by atomic mass is 19.1. The van der Waals surface area contributed by atoms with Crippen LogP contribution in [0.4, 0.5) is 26.2 Å². The van der Waals surface area contributed by atoms with Crippen LogP contribution in [-0.4, -0.2) is 18.5 Å². The molecule has 6 heteroatoms. The largest absolute Gasteiger partial charge is 0.323 e. The average Bonchev–Trinajstić information content (AvgIpc) is 2.96. The van der Waals surface area contributed by atoms with Crippen LogP contribution in [0, 0.1) is 12.7 Å². The second-order valence-electron chi connectivity index (χ2n) is 5.71. The Bertz CT molecular complexity index is 792. The van der Waals surface area contributed by atoms with E-state index in [1.165, 1.54) is 12.1 Å². The normalized spacial score (nSPS) is 13.9. The predicted molar refractivity (Wildman–Crippen MR) is 91.8 cm³/mol. The van der Waals surface area contributed by atoms with Crippen LogP contribution >= 0.6 is 0 Å². The Kier molecular flexibility index (Phi) is 4.46. The first-order valence-corrected chi connectivity index (χ1v) is 7.78. The summed E-state index contributed by atoms with van der Waals surface area (Å²) in [5.41, 5.74) is 2.45. The van der Waals surface area contributed by atoms with Gasteiger partial charge in [0.1, 0.15) is 5.82 Å². The van der Waals surface area contributed by atoms with E-state index in [2.05, 4.69) is 10.6 Å². The van der Waals surface area contributed by atoms with Gasteiger partial charge in [-0.25, -0.2) is 9.18 Å². The van der Waals surface area contributed by atoms with Crippen molar-refractivity contribution in [2.24, 2.45) is 0 Å². The van der Waals surface area contributed by atoms with Crippen molar-refractivity contribution >= 4 is 29.0 Å². The van der Waals surface area contributed by atoms with E-state index in [1.807, 2.05) is 13.0 Å². The van der Waals surface area contributed by atoms with Gasteiger partial charge in [-0.1, -0.05) is 12.1 Å². The number of nitrogens with one attached hydrogen (secondary N) is 2. The lowest BCUT2D eigenvalue weighted by atomic mass is 10.1. The molecule has 1 fully saturated rings. The SMILES string of the molecule is Cc1cc(NC(=O)Nc2ccccc2F)ccc1N1CCCC1=O. The fourth-order valence-corrected chi connectivity index (χ4v) is 2.79. The molecule has 0 radical (unpaired) electrons. The van der Waals surface area contributed by atoms with Crippen molar-refractivity contribution in [3.63, 3.8) is 0 Å². The number of hydrogen-bond donors (Lipinski definition) is 2. The van der Waals surface area contributed by atoms with Gasteiger partial charge in [-0.15, -0.1) is 0 Å². The molecule has 124 valence electrons. The first kappa shape index (κ1) is 16.0. The van der Waals surface area contributed by atoms with E-state index in [0.29, 0.717) is 12.1 Å². The Morgan fingerprint density at radius 3 is 2.62 bits per heavy atom. The van der Waals surface area contributed by atoms with Gasteiger partial charge < -0.3 is 15.5 Å². The number of amides is 3. The first-order valence-electron chi connectivity index (χ1n) is 7.78. The number of carbonyl (C=O) groups is 2. The van der Waals surface area contributed by atoms with Crippen molar-refractivity contribution in [2.75, 3.05) is 22.1 Å². The quantitative estimate of drug-likeness (QED) is 0.898. The topological polar surface area (TPSA) is 61.4 Å². The fraction of sp³-hybridized carbons (Fsp3) is 0.222. The summed E-state index contributed by atoms with van der Waals surface area (Å²) in [6, 6.07) is 10.8. The summed E-state index contributed by atoms with van der Waals surface area (Å²) in [6.45, 7) is 2.61. The van der Waals surface area contributed by atoms with Crippen LogP contribution in [-0.2, 0) is 4.79 Å². The van der Waals surface area contributed by atoms with Gasteiger partial charge in [0.25, 0.3) is 0 Å². The average molecular weight is 327 g/mol. The summed E-state index contributed by atoms with van der Waals surface area (Å²) in [4.78, 5) is 25.6. The smallest absolute Gasteiger partial charge is 0.312 e. The van der Waals surface area contributed by atoms with Gasteiger partial charge in [0.05, 0.1) is 5.69 Å². The molecule has 0 unspecified atom stereocenters. The Labute approximate surface area is 139 Å². The van der Waals surface area contributed by atoms with Gasteiger partial charge in [-0.05, 0) is 49.2 Å². The number of nitrogens with zero attached hydrogens (tertiary/aromatic N) is 1. The first-order chi connectivity index (χ1) is 11.5. The Balaban J connectivity index is 1.69. The number of hydrogen-bond acceptors (Lipinski definition) is 2. The third kappa shape index (κ3) is 3.37. The molecule has 0 aromatic heterocycles. The third-order valence-electron chi connectivity index (χ3n) is 3.94. The van der Waals surface area contributed by atoms with E-state index in [0.717, 1.165) is 24.2 Å². The van der Waals surface area contributed by atoms with Gasteiger partial charge in [-0.3, -0.25) is 4.79 Å². The summed E-state index contributed by atoms with van der Waals surface area (Å²) < 4.78 is 13.5. The zero-order chi connectivity index (χ0) is 17.1. The van der Waals surface area contributed by atoms with E-state index in [9.17, 15) is 14.0 Å². The molecule has 0 spiro atoms. The van der Waals surface area contributed by atoms with Crippen LogP contribution in [0.2, 0.25) is 0 Å². The summed E-state index contributed by atoms with van der Waals surface area (Å²) in [5.74, 6) is -0.372. The Morgan fingerprint density at radius 2 is 1.96 bits per heavy atom. The molecule has 1 aliphatic heterocycles. The van der Waals surface area contributed by atoms with Crippen LogP contribution in [0.25, 0.3) is 0 Å². The maximum atomic E-state index is 13.5. The summed E-state index contributed by atoms with van der Waals surface area (Å²) in [6.07, 6.45) is 1.44. The molecule has 24 heavy (non-hydrogen) atoms. The molecule has 3 amide bonds. The van der Waals surface area contributed by atoms with Gasteiger partial charge in [0.2, 0.25) is 5.91 Å². The van der Waals surface area contributed by atoms with Crippen molar-refractivity contribution in [3.8, 4) is 0 Å². The number of para-hydroxylation sites is 1. The molecule has 1 aliphatic rings. The van der Waals surface area contributed by atoms with Crippen LogP contribution in [0.1, 0.15) is 18.4 Å². The fourth-order valence-electron chi connectivity index (χ4n) is 2.79. The lowest BCUT2D eigenvalue weighted by Gasteiger charge is -2.19. The van der Waals surface area contributed by atoms with Crippen molar-refractivity contribution in [3.05, 3.63) is 53.8 Å². The van der Waals surface area contributed by atoms with Crippen LogP contribution in [0.3, 0.4) is 0 Å². The minimum atomic E-state index is -0.524. The molecule has 3 rings (SSSR count). The monoisotopic (exact) mass is 327 g/mol. The molecule has 0 atom stereocenters. The number of rotatable bonds is 3. The summed E-state index contributed by atoms with van der Waals surface area (Å²) in [7, 11) is 0. The zero-order valence-corrected chi connectivity index (χ0v) is 13.3. The van der Waals surface area contributed by atoms with Gasteiger partial charge in [0.15, 0.2) is 0 Å². The van der Waals surface area contributed by atoms with E-state index >= 15 is 0 Å².